The van der Waals surface area contributed by atoms with Crippen LogP contribution in [0.2, 0.25) is 6.04 Å². The molecule has 3 nitrogen and oxygen atoms in total. The van der Waals surface area contributed by atoms with Crippen LogP contribution in [0.5, 0.6) is 0 Å². The van der Waals surface area contributed by atoms with Crippen LogP contribution in [0.4, 0.5) is 0 Å². The summed E-state index contributed by atoms with van der Waals surface area (Å²) in [6.45, 7) is 4.59. The summed E-state index contributed by atoms with van der Waals surface area (Å²) in [4.78, 5) is 0. The van der Waals surface area contributed by atoms with Crippen molar-refractivity contribution in [2.45, 2.75) is 26.4 Å². The van der Waals surface area contributed by atoms with Crippen LogP contribution < -0.4 is 0 Å². The van der Waals surface area contributed by atoms with Gasteiger partial charge in [0.1, 0.15) is 0 Å². The quantitative estimate of drug-likeness (QED) is 0.261. The summed E-state index contributed by atoms with van der Waals surface area (Å²) in [5.41, 5.74) is 0. The number of rotatable bonds is 8. The molecule has 0 unspecified atom stereocenters. The van der Waals surface area contributed by atoms with Gasteiger partial charge in [-0.2, -0.15) is 0 Å². The highest BCUT2D eigenvalue weighted by molar-refractivity contribution is 6.31. The average molecular weight is 213 g/mol. The van der Waals surface area contributed by atoms with Gasteiger partial charge in [-0.3, -0.25) is 0 Å². The zero-order chi connectivity index (χ0) is 9.23. The van der Waals surface area contributed by atoms with Crippen LogP contribution in [-0.2, 0) is 13.9 Å². The summed E-state index contributed by atoms with van der Waals surface area (Å²) >= 11 is 5.51. The van der Waals surface area contributed by atoms with Gasteiger partial charge < -0.3 is 13.9 Å². The first-order valence-corrected chi connectivity index (χ1v) is 6.37. The smallest absolute Gasteiger partial charge is 0.261 e. The van der Waals surface area contributed by atoms with Crippen LogP contribution in [0.25, 0.3) is 0 Å². The monoisotopic (exact) mass is 212 g/mol. The van der Waals surface area contributed by atoms with E-state index >= 15 is 0 Å². The van der Waals surface area contributed by atoms with E-state index in [1.165, 1.54) is 0 Å². The summed E-state index contributed by atoms with van der Waals surface area (Å²) in [6.07, 6.45) is 0. The van der Waals surface area contributed by atoms with Crippen molar-refractivity contribution >= 4 is 21.4 Å². The van der Waals surface area contributed by atoms with Crippen molar-refractivity contribution < 1.29 is 13.9 Å². The van der Waals surface area contributed by atoms with Crippen LogP contribution in [0.3, 0.4) is 0 Å². The van der Waals surface area contributed by atoms with Gasteiger partial charge >= 0.3 is 0 Å². The fraction of sp³-hybridized carbons (Fsp3) is 1.00. The number of hydrogen-bond donors (Lipinski definition) is 0. The molecule has 0 aliphatic heterocycles. The van der Waals surface area contributed by atoms with Crippen molar-refractivity contribution in [1.82, 2.24) is 0 Å². The Labute approximate surface area is 81.3 Å². The fourth-order valence-electron chi connectivity index (χ4n) is 0.651. The van der Waals surface area contributed by atoms with Gasteiger partial charge in [-0.15, -0.1) is 11.6 Å². The molecule has 0 aromatic carbocycles. The molecule has 0 saturated heterocycles. The molecular weight excluding hydrogens is 196 g/mol. The Kier molecular flexibility index (Phi) is 9.78. The second-order valence-electron chi connectivity index (χ2n) is 2.11. The van der Waals surface area contributed by atoms with Crippen LogP contribution in [-0.4, -0.2) is 35.3 Å². The molecule has 0 amide bonds. The topological polar surface area (TPSA) is 27.7 Å². The number of alkyl halides is 1. The highest BCUT2D eigenvalue weighted by Gasteiger charge is 2.06. The van der Waals surface area contributed by atoms with E-state index in [0.717, 1.165) is 6.04 Å². The second kappa shape index (κ2) is 9.47. The predicted octanol–water partition coefficient (Wildman–Crippen LogP) is 1.10. The highest BCUT2D eigenvalue weighted by Crippen LogP contribution is 1.97. The van der Waals surface area contributed by atoms with Gasteiger partial charge in [0, 0.05) is 19.1 Å². The molecule has 0 saturated carbocycles. The van der Waals surface area contributed by atoms with E-state index in [1.54, 1.807) is 0 Å². The third-order valence-corrected chi connectivity index (χ3v) is 3.00. The molecule has 0 heterocycles. The van der Waals surface area contributed by atoms with Gasteiger partial charge in [0.15, 0.2) is 9.76 Å². The van der Waals surface area contributed by atoms with Gasteiger partial charge in [0.05, 0.1) is 0 Å². The lowest BCUT2D eigenvalue weighted by Gasteiger charge is -2.16. The Bertz CT molecular complexity index is 88.7. The van der Waals surface area contributed by atoms with Crippen molar-refractivity contribution in [2.24, 2.45) is 0 Å². The lowest BCUT2D eigenvalue weighted by Crippen LogP contribution is -2.23. The first-order chi connectivity index (χ1) is 5.85. The number of halogens is 1. The minimum atomic E-state index is -0.559. The fourth-order valence-corrected chi connectivity index (χ4v) is 1.64. The largest absolute Gasteiger partial charge is 0.379 e. The van der Waals surface area contributed by atoms with Gasteiger partial charge in [0.2, 0.25) is 0 Å². The van der Waals surface area contributed by atoms with Crippen molar-refractivity contribution in [3.8, 4) is 0 Å². The van der Waals surface area contributed by atoms with Crippen LogP contribution in [0.15, 0.2) is 0 Å². The SMILES string of the molecule is CCOC(OCC)O[SiH2]CCCl. The second-order valence-corrected chi connectivity index (χ2v) is 3.94. The molecule has 0 bridgehead atoms. The number of hydrogen-bond acceptors (Lipinski definition) is 3. The van der Waals surface area contributed by atoms with Gasteiger partial charge in [-0.05, 0) is 19.9 Å². The summed E-state index contributed by atoms with van der Waals surface area (Å²) in [5.74, 6) is 0.664. The molecule has 0 aliphatic rings. The van der Waals surface area contributed by atoms with Gasteiger partial charge in [-0.25, -0.2) is 0 Å². The first-order valence-electron chi connectivity index (χ1n) is 4.25. The Balaban J connectivity index is 3.34. The van der Waals surface area contributed by atoms with Crippen LogP contribution in [0.1, 0.15) is 13.8 Å². The molecule has 12 heavy (non-hydrogen) atoms. The zero-order valence-corrected chi connectivity index (χ0v) is 9.89. The van der Waals surface area contributed by atoms with E-state index in [-0.39, 0.29) is 0 Å². The Morgan fingerprint density at radius 3 is 2.25 bits per heavy atom. The van der Waals surface area contributed by atoms with Crippen molar-refractivity contribution in [3.63, 3.8) is 0 Å². The number of ether oxygens (including phenoxy) is 2. The minimum absolute atomic E-state index is 0.463. The van der Waals surface area contributed by atoms with Gasteiger partial charge in [-0.1, -0.05) is 0 Å². The molecule has 0 N–H and O–H groups in total. The van der Waals surface area contributed by atoms with Crippen molar-refractivity contribution in [2.75, 3.05) is 19.1 Å². The maximum Gasteiger partial charge on any atom is 0.261 e. The molecule has 74 valence electrons. The van der Waals surface area contributed by atoms with Crippen molar-refractivity contribution in [1.29, 1.82) is 0 Å². The molecule has 0 aliphatic carbocycles. The lowest BCUT2D eigenvalue weighted by atomic mass is 10.8. The van der Waals surface area contributed by atoms with E-state index in [0.29, 0.717) is 19.1 Å². The normalized spacial score (nSPS) is 12.0. The van der Waals surface area contributed by atoms with E-state index in [1.807, 2.05) is 13.8 Å². The molecule has 0 aromatic rings. The molecule has 0 radical (unpaired) electrons. The highest BCUT2D eigenvalue weighted by atomic mass is 35.5. The molecule has 0 rings (SSSR count). The Morgan fingerprint density at radius 1 is 1.25 bits per heavy atom. The molecule has 0 spiro atoms. The predicted molar refractivity (Wildman–Crippen MR) is 52.2 cm³/mol. The van der Waals surface area contributed by atoms with Gasteiger partial charge in [0.25, 0.3) is 6.48 Å². The molecule has 5 heteroatoms. The maximum atomic E-state index is 5.51. The molecule has 0 atom stereocenters. The lowest BCUT2D eigenvalue weighted by molar-refractivity contribution is -0.243. The standard InChI is InChI=1S/C7H17ClO3Si/c1-3-9-7(10-4-2)11-12-6-5-8/h7H,3-6,12H2,1-2H3. The summed E-state index contributed by atoms with van der Waals surface area (Å²) in [7, 11) is -0.559. The average Bonchev–Trinajstić information content (AvgIpc) is 2.06. The molecular formula is C7H17ClO3Si. The molecule has 0 fully saturated rings. The minimum Gasteiger partial charge on any atom is -0.379 e. The van der Waals surface area contributed by atoms with Crippen molar-refractivity contribution in [3.05, 3.63) is 0 Å². The van der Waals surface area contributed by atoms with E-state index in [9.17, 15) is 0 Å². The van der Waals surface area contributed by atoms with E-state index < -0.39 is 16.2 Å². The molecule has 0 aromatic heterocycles. The van der Waals surface area contributed by atoms with Crippen LogP contribution >= 0.6 is 11.6 Å². The summed E-state index contributed by atoms with van der Waals surface area (Å²) in [5, 5.41) is 0. The Hall–Kier alpha value is 0.387. The maximum absolute atomic E-state index is 5.51. The summed E-state index contributed by atoms with van der Waals surface area (Å²) < 4.78 is 15.7. The Morgan fingerprint density at radius 2 is 1.83 bits per heavy atom. The third-order valence-electron chi connectivity index (χ3n) is 1.14. The third kappa shape index (κ3) is 7.06. The van der Waals surface area contributed by atoms with E-state index in [4.69, 9.17) is 25.5 Å². The zero-order valence-electron chi connectivity index (χ0n) is 7.72. The van der Waals surface area contributed by atoms with E-state index in [2.05, 4.69) is 0 Å². The first kappa shape index (κ1) is 12.4. The summed E-state index contributed by atoms with van der Waals surface area (Å²) in [6, 6.07) is 0.957. The van der Waals surface area contributed by atoms with Crippen LogP contribution in [0, 0.1) is 0 Å².